The Balaban J connectivity index is 1.64. The predicted molar refractivity (Wildman–Crippen MR) is 92.4 cm³/mol. The van der Waals surface area contributed by atoms with Crippen LogP contribution in [0.2, 0.25) is 0 Å². The molecule has 3 nitrogen and oxygen atoms in total. The summed E-state index contributed by atoms with van der Waals surface area (Å²) in [7, 11) is -1.17. The van der Waals surface area contributed by atoms with Crippen molar-refractivity contribution in [3.05, 3.63) is 52.5 Å². The number of thiophene rings is 3. The summed E-state index contributed by atoms with van der Waals surface area (Å²) in [6.07, 6.45) is 0. The Kier molecular flexibility index (Phi) is 4.02. The SMILES string of the molecule is c1csc(B2OB(c3cccs3)OB(c3cccs3)O2)c1. The van der Waals surface area contributed by atoms with Crippen molar-refractivity contribution in [1.29, 1.82) is 0 Å². The molecular formula is C12H9B3O3S3. The maximum absolute atomic E-state index is 5.98. The van der Waals surface area contributed by atoms with E-state index in [1.54, 1.807) is 34.0 Å². The maximum Gasteiger partial charge on any atom is 0.477 e. The van der Waals surface area contributed by atoms with Gasteiger partial charge in [-0.05, 0) is 16.1 Å². The van der Waals surface area contributed by atoms with E-state index in [9.17, 15) is 0 Å². The molecule has 0 N–H and O–H groups in total. The van der Waals surface area contributed by atoms with Crippen LogP contribution in [0.15, 0.2) is 52.5 Å². The zero-order valence-electron chi connectivity index (χ0n) is 10.9. The Hall–Kier alpha value is -0.825. The zero-order valence-corrected chi connectivity index (χ0v) is 13.3. The van der Waals surface area contributed by atoms with Gasteiger partial charge in [0.15, 0.2) is 0 Å². The Morgan fingerprint density at radius 2 is 0.905 bits per heavy atom. The summed E-state index contributed by atoms with van der Waals surface area (Å²) >= 11 is 4.89. The summed E-state index contributed by atoms with van der Waals surface area (Å²) in [5.74, 6) is 0. The standard InChI is InChI=1S/C12H9B3O3S3/c1-4-10(19-7-1)13-16-14(11-5-2-8-20-11)18-15(17-13)12-6-3-9-21-12/h1-9H. The van der Waals surface area contributed by atoms with Gasteiger partial charge in [-0.1, -0.05) is 36.4 Å². The van der Waals surface area contributed by atoms with Gasteiger partial charge in [0.2, 0.25) is 0 Å². The molecule has 3 aromatic rings. The molecule has 0 spiro atoms. The van der Waals surface area contributed by atoms with Crippen LogP contribution in [0.4, 0.5) is 0 Å². The summed E-state index contributed by atoms with van der Waals surface area (Å²) in [6, 6.07) is 12.1. The molecule has 1 aliphatic rings. The van der Waals surface area contributed by atoms with Gasteiger partial charge in [-0.15, -0.1) is 0 Å². The van der Waals surface area contributed by atoms with Crippen molar-refractivity contribution in [1.82, 2.24) is 0 Å². The molecule has 9 heteroatoms. The van der Waals surface area contributed by atoms with Crippen LogP contribution < -0.4 is 14.3 Å². The van der Waals surface area contributed by atoms with Crippen molar-refractivity contribution in [2.75, 3.05) is 0 Å². The monoisotopic (exact) mass is 330 g/mol. The molecule has 0 atom stereocenters. The summed E-state index contributed by atoms with van der Waals surface area (Å²) in [6.45, 7) is 0. The van der Waals surface area contributed by atoms with Crippen LogP contribution in [0.3, 0.4) is 0 Å². The van der Waals surface area contributed by atoms with Crippen LogP contribution in [0.5, 0.6) is 0 Å². The Labute approximate surface area is 135 Å². The van der Waals surface area contributed by atoms with E-state index in [4.69, 9.17) is 13.7 Å². The van der Waals surface area contributed by atoms with E-state index in [1.165, 1.54) is 0 Å². The van der Waals surface area contributed by atoms with Crippen LogP contribution in [-0.4, -0.2) is 21.4 Å². The molecule has 3 aromatic heterocycles. The summed E-state index contributed by atoms with van der Waals surface area (Å²) in [5.41, 5.74) is 0. The second kappa shape index (κ2) is 6.12. The van der Waals surface area contributed by atoms with E-state index in [0.29, 0.717) is 0 Å². The van der Waals surface area contributed by atoms with E-state index in [2.05, 4.69) is 0 Å². The Morgan fingerprint density at radius 3 is 1.14 bits per heavy atom. The third-order valence-electron chi connectivity index (χ3n) is 3.07. The van der Waals surface area contributed by atoms with Gasteiger partial charge in [-0.2, -0.15) is 34.0 Å². The van der Waals surface area contributed by atoms with Crippen molar-refractivity contribution in [3.63, 3.8) is 0 Å². The fraction of sp³-hybridized carbons (Fsp3) is 0. The van der Waals surface area contributed by atoms with Gasteiger partial charge in [0.1, 0.15) is 0 Å². The molecule has 4 heterocycles. The van der Waals surface area contributed by atoms with Crippen LogP contribution in [0.1, 0.15) is 0 Å². The summed E-state index contributed by atoms with van der Waals surface area (Å²) in [5, 5.41) is 6.08. The lowest BCUT2D eigenvalue weighted by Gasteiger charge is -2.29. The van der Waals surface area contributed by atoms with Gasteiger partial charge < -0.3 is 13.7 Å². The van der Waals surface area contributed by atoms with E-state index in [0.717, 1.165) is 14.3 Å². The molecule has 0 aliphatic carbocycles. The molecule has 0 aromatic carbocycles. The minimum Gasteiger partial charge on any atom is -0.444 e. The van der Waals surface area contributed by atoms with Crippen LogP contribution >= 0.6 is 34.0 Å². The van der Waals surface area contributed by atoms with Gasteiger partial charge in [0, 0.05) is 14.3 Å². The van der Waals surface area contributed by atoms with Gasteiger partial charge in [0.05, 0.1) is 0 Å². The first-order valence-electron chi connectivity index (χ1n) is 6.47. The van der Waals surface area contributed by atoms with Gasteiger partial charge in [-0.3, -0.25) is 0 Å². The highest BCUT2D eigenvalue weighted by atomic mass is 32.1. The third kappa shape index (κ3) is 2.90. The summed E-state index contributed by atoms with van der Waals surface area (Å²) < 4.78 is 21.1. The highest BCUT2D eigenvalue weighted by Gasteiger charge is 2.44. The molecule has 4 rings (SSSR count). The fourth-order valence-electron chi connectivity index (χ4n) is 2.11. The van der Waals surface area contributed by atoms with Crippen LogP contribution in [0, 0.1) is 0 Å². The first-order valence-corrected chi connectivity index (χ1v) is 9.10. The van der Waals surface area contributed by atoms with Crippen molar-refractivity contribution in [3.8, 4) is 0 Å². The molecule has 1 fully saturated rings. The third-order valence-corrected chi connectivity index (χ3v) is 5.75. The first kappa shape index (κ1) is 13.8. The minimum absolute atomic E-state index is 0.391. The largest absolute Gasteiger partial charge is 0.477 e. The first-order chi connectivity index (χ1) is 10.4. The van der Waals surface area contributed by atoms with E-state index >= 15 is 0 Å². The minimum atomic E-state index is -0.391. The molecule has 0 unspecified atom stereocenters. The maximum atomic E-state index is 5.98. The van der Waals surface area contributed by atoms with Crippen LogP contribution in [-0.2, 0) is 13.7 Å². The molecule has 0 bridgehead atoms. The van der Waals surface area contributed by atoms with E-state index in [1.807, 2.05) is 52.5 Å². The number of hydrogen-bond acceptors (Lipinski definition) is 6. The molecule has 0 radical (unpaired) electrons. The second-order valence-electron chi connectivity index (χ2n) is 4.45. The number of rotatable bonds is 3. The van der Waals surface area contributed by atoms with Crippen molar-refractivity contribution >= 4 is 69.7 Å². The topological polar surface area (TPSA) is 27.7 Å². The normalized spacial score (nSPS) is 15.7. The Bertz CT molecular complexity index is 570. The molecule has 1 saturated heterocycles. The molecular weight excluding hydrogens is 321 g/mol. The molecule has 102 valence electrons. The van der Waals surface area contributed by atoms with Gasteiger partial charge >= 0.3 is 21.4 Å². The summed E-state index contributed by atoms with van der Waals surface area (Å²) in [4.78, 5) is 0. The Morgan fingerprint density at radius 1 is 0.571 bits per heavy atom. The van der Waals surface area contributed by atoms with Crippen LogP contribution in [0.25, 0.3) is 0 Å². The van der Waals surface area contributed by atoms with Crippen molar-refractivity contribution < 1.29 is 13.7 Å². The van der Waals surface area contributed by atoms with E-state index in [-0.39, 0.29) is 0 Å². The highest BCUT2D eigenvalue weighted by Crippen LogP contribution is 2.14. The lowest BCUT2D eigenvalue weighted by molar-refractivity contribution is 0.310. The number of hydrogen-bond donors (Lipinski definition) is 0. The second-order valence-corrected chi connectivity index (χ2v) is 7.39. The van der Waals surface area contributed by atoms with Crippen molar-refractivity contribution in [2.24, 2.45) is 0 Å². The predicted octanol–water partition coefficient (Wildman–Crippen LogP) is 1.42. The molecule has 21 heavy (non-hydrogen) atoms. The lowest BCUT2D eigenvalue weighted by atomic mass is 9.68. The van der Waals surface area contributed by atoms with Gasteiger partial charge in [0.25, 0.3) is 0 Å². The average Bonchev–Trinajstić information content (AvgIpc) is 3.29. The average molecular weight is 330 g/mol. The van der Waals surface area contributed by atoms with Crippen molar-refractivity contribution in [2.45, 2.75) is 0 Å². The zero-order chi connectivity index (χ0) is 14.1. The van der Waals surface area contributed by atoms with E-state index < -0.39 is 21.4 Å². The fourth-order valence-corrected chi connectivity index (χ4v) is 4.19. The highest BCUT2D eigenvalue weighted by molar-refractivity contribution is 7.25. The molecule has 1 aliphatic heterocycles. The molecule has 0 saturated carbocycles. The quantitative estimate of drug-likeness (QED) is 0.680. The van der Waals surface area contributed by atoms with Gasteiger partial charge in [-0.25, -0.2) is 0 Å². The smallest absolute Gasteiger partial charge is 0.444 e. The lowest BCUT2D eigenvalue weighted by Crippen LogP contribution is -2.60. The molecule has 0 amide bonds.